The fraction of sp³-hybridized carbons (Fsp3) is 0.647. The van der Waals surface area contributed by atoms with Gasteiger partial charge in [-0.2, -0.15) is 0 Å². The number of anilines is 1. The molecule has 0 aliphatic heterocycles. The summed E-state index contributed by atoms with van der Waals surface area (Å²) in [7, 11) is 0. The van der Waals surface area contributed by atoms with Crippen molar-refractivity contribution in [1.82, 2.24) is 0 Å². The normalized spacial score (nSPS) is 16.5. The summed E-state index contributed by atoms with van der Waals surface area (Å²) in [5, 5.41) is 0.809. The number of rotatable bonds is 7. The smallest absolute Gasteiger partial charge is 0.0410 e. The third-order valence-corrected chi connectivity index (χ3v) is 4.06. The second-order valence-electron chi connectivity index (χ2n) is 6.56. The topological polar surface area (TPSA) is 29.3 Å². The largest absolute Gasteiger partial charge is 0.368 e. The first-order valence-electron chi connectivity index (χ1n) is 7.78. The van der Waals surface area contributed by atoms with E-state index in [1.807, 2.05) is 6.07 Å². The molecular formula is C17H27ClN2. The number of nitrogens with zero attached hydrogens (tertiary/aromatic N) is 1. The van der Waals surface area contributed by atoms with Gasteiger partial charge in [0.25, 0.3) is 0 Å². The van der Waals surface area contributed by atoms with Crippen LogP contribution >= 0.6 is 11.6 Å². The van der Waals surface area contributed by atoms with Gasteiger partial charge >= 0.3 is 0 Å². The van der Waals surface area contributed by atoms with Crippen molar-refractivity contribution in [2.45, 2.75) is 58.5 Å². The molecule has 0 saturated heterocycles. The van der Waals surface area contributed by atoms with Gasteiger partial charge in [-0.1, -0.05) is 25.4 Å². The molecule has 112 valence electrons. The Morgan fingerprint density at radius 2 is 2.00 bits per heavy atom. The number of benzene rings is 1. The van der Waals surface area contributed by atoms with Gasteiger partial charge < -0.3 is 10.6 Å². The summed E-state index contributed by atoms with van der Waals surface area (Å²) < 4.78 is 0. The monoisotopic (exact) mass is 294 g/mol. The average molecular weight is 295 g/mol. The van der Waals surface area contributed by atoms with Crippen LogP contribution in [0.4, 0.5) is 5.69 Å². The first-order chi connectivity index (χ1) is 9.47. The molecule has 0 radical (unpaired) electrons. The summed E-state index contributed by atoms with van der Waals surface area (Å²) in [5.74, 6) is 0.737. The molecule has 1 fully saturated rings. The highest BCUT2D eigenvalue weighted by Crippen LogP contribution is 2.35. The van der Waals surface area contributed by atoms with Crippen LogP contribution in [0.2, 0.25) is 5.02 Å². The second-order valence-corrected chi connectivity index (χ2v) is 7.00. The van der Waals surface area contributed by atoms with Crippen LogP contribution in [0.5, 0.6) is 0 Å². The lowest BCUT2D eigenvalue weighted by Gasteiger charge is -2.28. The quantitative estimate of drug-likeness (QED) is 0.815. The van der Waals surface area contributed by atoms with Crippen LogP contribution in [-0.2, 0) is 6.42 Å². The number of hydrogen-bond acceptors (Lipinski definition) is 2. The number of halogens is 1. The van der Waals surface area contributed by atoms with Gasteiger partial charge in [-0.05, 0) is 62.3 Å². The molecule has 1 aromatic rings. The molecule has 0 heterocycles. The molecule has 0 amide bonds. The van der Waals surface area contributed by atoms with Gasteiger partial charge in [0, 0.05) is 29.3 Å². The van der Waals surface area contributed by atoms with Crippen LogP contribution in [-0.4, -0.2) is 18.6 Å². The maximum Gasteiger partial charge on any atom is 0.0410 e. The molecular weight excluding hydrogens is 268 g/mol. The molecule has 20 heavy (non-hydrogen) atoms. The van der Waals surface area contributed by atoms with E-state index in [2.05, 4.69) is 37.8 Å². The standard InChI is InChI=1S/C17H27ClN2/c1-12(2)8-9-20(16-5-6-16)17-7-4-15(18)11-14(17)10-13(3)19/h4,7,11-13,16H,5-6,8-10,19H2,1-3H3. The van der Waals surface area contributed by atoms with E-state index in [0.29, 0.717) is 0 Å². The molecule has 0 bridgehead atoms. The van der Waals surface area contributed by atoms with Crippen molar-refractivity contribution in [2.24, 2.45) is 11.7 Å². The van der Waals surface area contributed by atoms with E-state index in [1.165, 1.54) is 30.5 Å². The Morgan fingerprint density at radius 1 is 1.30 bits per heavy atom. The van der Waals surface area contributed by atoms with E-state index < -0.39 is 0 Å². The van der Waals surface area contributed by atoms with Gasteiger partial charge in [0.1, 0.15) is 0 Å². The van der Waals surface area contributed by atoms with Crippen LogP contribution in [0.1, 0.15) is 45.6 Å². The van der Waals surface area contributed by atoms with Gasteiger partial charge in [0.05, 0.1) is 0 Å². The highest BCUT2D eigenvalue weighted by Gasteiger charge is 2.30. The van der Waals surface area contributed by atoms with Gasteiger partial charge in [-0.3, -0.25) is 0 Å². The van der Waals surface area contributed by atoms with Crippen molar-refractivity contribution >= 4 is 17.3 Å². The van der Waals surface area contributed by atoms with E-state index in [-0.39, 0.29) is 6.04 Å². The first-order valence-corrected chi connectivity index (χ1v) is 8.15. The predicted octanol–water partition coefficient (Wildman–Crippen LogP) is 4.24. The van der Waals surface area contributed by atoms with Gasteiger partial charge in [0.15, 0.2) is 0 Å². The highest BCUT2D eigenvalue weighted by molar-refractivity contribution is 6.30. The molecule has 3 heteroatoms. The Labute approximate surface area is 128 Å². The Morgan fingerprint density at radius 3 is 2.55 bits per heavy atom. The summed E-state index contributed by atoms with van der Waals surface area (Å²) in [4.78, 5) is 2.58. The molecule has 1 saturated carbocycles. The molecule has 1 unspecified atom stereocenters. The van der Waals surface area contributed by atoms with E-state index in [1.54, 1.807) is 0 Å². The fourth-order valence-corrected chi connectivity index (χ4v) is 2.82. The predicted molar refractivity (Wildman–Crippen MR) is 88.6 cm³/mol. The van der Waals surface area contributed by atoms with Crippen molar-refractivity contribution in [3.05, 3.63) is 28.8 Å². The molecule has 0 spiro atoms. The maximum atomic E-state index is 6.17. The Balaban J connectivity index is 2.22. The zero-order valence-corrected chi connectivity index (χ0v) is 13.7. The van der Waals surface area contributed by atoms with Crippen LogP contribution in [0.25, 0.3) is 0 Å². The maximum absolute atomic E-state index is 6.17. The van der Waals surface area contributed by atoms with Crippen LogP contribution in [0, 0.1) is 5.92 Å². The summed E-state index contributed by atoms with van der Waals surface area (Å²) in [6, 6.07) is 7.16. The van der Waals surface area contributed by atoms with Gasteiger partial charge in [0.2, 0.25) is 0 Å². The van der Waals surface area contributed by atoms with Gasteiger partial charge in [-0.15, -0.1) is 0 Å². The summed E-state index contributed by atoms with van der Waals surface area (Å²) >= 11 is 6.17. The minimum Gasteiger partial charge on any atom is -0.368 e. The van der Waals surface area contributed by atoms with Crippen molar-refractivity contribution in [3.63, 3.8) is 0 Å². The molecule has 2 rings (SSSR count). The lowest BCUT2D eigenvalue weighted by Crippen LogP contribution is -2.29. The highest BCUT2D eigenvalue weighted by atomic mass is 35.5. The third kappa shape index (κ3) is 4.39. The molecule has 0 aromatic heterocycles. The van der Waals surface area contributed by atoms with Crippen LogP contribution < -0.4 is 10.6 Å². The number of hydrogen-bond donors (Lipinski definition) is 1. The van der Waals surface area contributed by atoms with Crippen molar-refractivity contribution in [3.8, 4) is 0 Å². The molecule has 1 aromatic carbocycles. The minimum atomic E-state index is 0.165. The Bertz CT molecular complexity index is 439. The Kier molecular flexibility index (Phi) is 5.34. The van der Waals surface area contributed by atoms with Crippen LogP contribution in [0.15, 0.2) is 18.2 Å². The van der Waals surface area contributed by atoms with E-state index >= 15 is 0 Å². The Hall–Kier alpha value is -0.730. The average Bonchev–Trinajstić information content (AvgIpc) is 3.15. The zero-order valence-electron chi connectivity index (χ0n) is 12.9. The fourth-order valence-electron chi connectivity index (χ4n) is 2.63. The van der Waals surface area contributed by atoms with E-state index in [4.69, 9.17) is 17.3 Å². The molecule has 1 atom stereocenters. The van der Waals surface area contributed by atoms with Gasteiger partial charge in [-0.25, -0.2) is 0 Å². The molecule has 2 N–H and O–H groups in total. The summed E-state index contributed by atoms with van der Waals surface area (Å²) in [5.41, 5.74) is 8.63. The first kappa shape index (κ1) is 15.7. The second kappa shape index (κ2) is 6.82. The summed E-state index contributed by atoms with van der Waals surface area (Å²) in [6.45, 7) is 7.77. The van der Waals surface area contributed by atoms with Crippen molar-refractivity contribution < 1.29 is 0 Å². The molecule has 1 aliphatic carbocycles. The van der Waals surface area contributed by atoms with Crippen molar-refractivity contribution in [2.75, 3.05) is 11.4 Å². The van der Waals surface area contributed by atoms with Crippen molar-refractivity contribution in [1.29, 1.82) is 0 Å². The minimum absolute atomic E-state index is 0.165. The van der Waals surface area contributed by atoms with E-state index in [0.717, 1.165) is 29.9 Å². The third-order valence-electron chi connectivity index (χ3n) is 3.83. The lowest BCUT2D eigenvalue weighted by atomic mass is 10.0. The SMILES string of the molecule is CC(C)CCN(c1ccc(Cl)cc1CC(C)N)C1CC1. The molecule has 2 nitrogen and oxygen atoms in total. The zero-order chi connectivity index (χ0) is 14.7. The summed E-state index contributed by atoms with van der Waals surface area (Å²) in [6.07, 6.45) is 4.76. The number of nitrogens with two attached hydrogens (primary N) is 1. The van der Waals surface area contributed by atoms with E-state index in [9.17, 15) is 0 Å². The van der Waals surface area contributed by atoms with Crippen LogP contribution in [0.3, 0.4) is 0 Å². The molecule has 1 aliphatic rings. The lowest BCUT2D eigenvalue weighted by molar-refractivity contribution is 0.569.